The van der Waals surface area contributed by atoms with Gasteiger partial charge in [0.25, 0.3) is 0 Å². The minimum atomic E-state index is -1.48. The quantitative estimate of drug-likeness (QED) is 0.184. The molecule has 0 spiro atoms. The summed E-state index contributed by atoms with van der Waals surface area (Å²) in [7, 11) is 0. The maximum Gasteiger partial charge on any atom is 0.234 e. The summed E-state index contributed by atoms with van der Waals surface area (Å²) in [5, 5.41) is 41.2. The Labute approximate surface area is 158 Å². The van der Waals surface area contributed by atoms with E-state index in [1.165, 1.54) is 0 Å². The van der Waals surface area contributed by atoms with E-state index in [1.54, 1.807) is 0 Å². The predicted molar refractivity (Wildman–Crippen MR) is 96.9 cm³/mol. The van der Waals surface area contributed by atoms with Crippen LogP contribution in [-0.4, -0.2) is 113 Å². The lowest BCUT2D eigenvalue weighted by Crippen LogP contribution is -2.59. The molecule has 25 heavy (non-hydrogen) atoms. The first kappa shape index (κ1) is 22.9. The van der Waals surface area contributed by atoms with Gasteiger partial charge in [0.05, 0.1) is 19.8 Å². The van der Waals surface area contributed by atoms with Crippen molar-refractivity contribution < 1.29 is 34.7 Å². The van der Waals surface area contributed by atoms with Gasteiger partial charge in [-0.05, 0) is 0 Å². The van der Waals surface area contributed by atoms with Crippen LogP contribution in [0.1, 0.15) is 0 Å². The number of hydrogen-bond acceptors (Lipinski definition) is 10. The van der Waals surface area contributed by atoms with E-state index in [0.29, 0.717) is 31.1 Å². The average Bonchev–Trinajstić information content (AvgIpc) is 2.60. The summed E-state index contributed by atoms with van der Waals surface area (Å²) in [5.41, 5.74) is 0. The number of thiol groups is 2. The van der Waals surface area contributed by atoms with E-state index in [4.69, 9.17) is 14.6 Å². The molecule has 0 radical (unpaired) electrons. The highest BCUT2D eigenvalue weighted by atomic mass is 32.1. The second-order valence-corrected chi connectivity index (χ2v) is 6.54. The largest absolute Gasteiger partial charge is 0.394 e. The number of ether oxygens (including phenoxy) is 2. The van der Waals surface area contributed by atoms with Crippen molar-refractivity contribution in [1.82, 2.24) is 10.2 Å². The summed E-state index contributed by atoms with van der Waals surface area (Å²) >= 11 is 8.18. The van der Waals surface area contributed by atoms with Crippen LogP contribution in [0.15, 0.2) is 0 Å². The Kier molecular flexibility index (Phi) is 11.3. The number of nitrogens with zero attached hydrogens (tertiary/aromatic N) is 1. The van der Waals surface area contributed by atoms with Crippen molar-refractivity contribution in [1.29, 1.82) is 0 Å². The molecule has 1 fully saturated rings. The van der Waals surface area contributed by atoms with Gasteiger partial charge in [0.1, 0.15) is 24.4 Å². The molecule has 5 atom stereocenters. The molecule has 148 valence electrons. The minimum absolute atomic E-state index is 0.121. The normalized spacial score (nSPS) is 29.8. The Morgan fingerprint density at radius 3 is 2.44 bits per heavy atom. The van der Waals surface area contributed by atoms with Crippen LogP contribution in [0.3, 0.4) is 0 Å². The molecular formula is C14H28N2O7S2. The van der Waals surface area contributed by atoms with Crippen molar-refractivity contribution in [3.8, 4) is 0 Å². The van der Waals surface area contributed by atoms with E-state index in [9.17, 15) is 20.1 Å². The highest BCUT2D eigenvalue weighted by Crippen LogP contribution is 2.21. The minimum Gasteiger partial charge on any atom is -0.394 e. The molecule has 11 heteroatoms. The Hall–Kier alpha value is -0.110. The fraction of sp³-hybridized carbons (Fsp3) is 0.929. The second-order valence-electron chi connectivity index (χ2n) is 5.64. The summed E-state index contributed by atoms with van der Waals surface area (Å²) in [4.78, 5) is 13.6. The highest BCUT2D eigenvalue weighted by Gasteiger charge is 2.43. The first-order chi connectivity index (χ1) is 11.9. The molecule has 5 N–H and O–H groups in total. The average molecular weight is 401 g/mol. The van der Waals surface area contributed by atoms with Gasteiger partial charge in [-0.2, -0.15) is 25.3 Å². The number of hydrogen-bond donors (Lipinski definition) is 7. The molecule has 0 aliphatic carbocycles. The van der Waals surface area contributed by atoms with Crippen LogP contribution in [0, 0.1) is 0 Å². The molecule has 0 aromatic carbocycles. The van der Waals surface area contributed by atoms with Crippen molar-refractivity contribution in [2.75, 3.05) is 50.9 Å². The smallest absolute Gasteiger partial charge is 0.234 e. The topological polar surface area (TPSA) is 132 Å². The Morgan fingerprint density at radius 1 is 1.12 bits per heavy atom. The molecule has 0 bridgehead atoms. The van der Waals surface area contributed by atoms with E-state index >= 15 is 0 Å². The zero-order valence-corrected chi connectivity index (χ0v) is 15.7. The Balaban J connectivity index is 2.44. The standard InChI is InChI=1S/C14H28N2O7S2/c17-8-9-11(19)12(20)13(21)14(23-9)22-4-2-16(3-6-25)7-10(18)15-1-5-24/h9,11-14,17,19-21,24-25H,1-8H2,(H,15,18)/t9-,11-,12+,13-,14-/m1/s1. The lowest BCUT2D eigenvalue weighted by Gasteiger charge is -2.39. The second kappa shape index (κ2) is 12.3. The zero-order chi connectivity index (χ0) is 18.8. The molecule has 0 unspecified atom stereocenters. The van der Waals surface area contributed by atoms with Gasteiger partial charge in [-0.25, -0.2) is 0 Å². The summed E-state index contributed by atoms with van der Waals surface area (Å²) in [6, 6.07) is 0. The van der Waals surface area contributed by atoms with Crippen LogP contribution in [0.25, 0.3) is 0 Å². The molecule has 9 nitrogen and oxygen atoms in total. The molecule has 0 aromatic heterocycles. The third kappa shape index (κ3) is 7.57. The van der Waals surface area contributed by atoms with Crippen LogP contribution in [0.5, 0.6) is 0 Å². The van der Waals surface area contributed by atoms with Gasteiger partial charge in [-0.15, -0.1) is 0 Å². The third-order valence-electron chi connectivity index (χ3n) is 3.76. The number of rotatable bonds is 11. The van der Waals surface area contributed by atoms with Gasteiger partial charge < -0.3 is 35.2 Å². The SMILES string of the molecule is O=C(CN(CCS)CCO[C@@H]1O[C@H](CO)[C@@H](O)[C@H](O)[C@H]1O)NCCS. The molecule has 1 aliphatic rings. The Morgan fingerprint density at radius 2 is 1.84 bits per heavy atom. The Bertz CT molecular complexity index is 392. The number of carbonyl (C=O) groups is 1. The van der Waals surface area contributed by atoms with Gasteiger partial charge in [0.2, 0.25) is 5.91 Å². The molecule has 1 amide bonds. The van der Waals surface area contributed by atoms with Gasteiger partial charge in [0, 0.05) is 31.1 Å². The molecule has 0 aromatic rings. The van der Waals surface area contributed by atoms with Crippen LogP contribution in [0.2, 0.25) is 0 Å². The van der Waals surface area contributed by atoms with Crippen LogP contribution >= 0.6 is 25.3 Å². The van der Waals surface area contributed by atoms with Crippen LogP contribution in [0.4, 0.5) is 0 Å². The first-order valence-electron chi connectivity index (χ1n) is 8.07. The van der Waals surface area contributed by atoms with Gasteiger partial charge in [0.15, 0.2) is 6.29 Å². The molecule has 1 heterocycles. The number of carbonyl (C=O) groups excluding carboxylic acids is 1. The van der Waals surface area contributed by atoms with E-state index in [0.717, 1.165) is 0 Å². The maximum absolute atomic E-state index is 11.8. The zero-order valence-electron chi connectivity index (χ0n) is 13.9. The lowest BCUT2D eigenvalue weighted by atomic mass is 9.99. The molecular weight excluding hydrogens is 372 g/mol. The predicted octanol–water partition coefficient (Wildman–Crippen LogP) is -2.92. The van der Waals surface area contributed by atoms with Crippen molar-refractivity contribution in [3.63, 3.8) is 0 Å². The van der Waals surface area contributed by atoms with E-state index < -0.39 is 37.3 Å². The van der Waals surface area contributed by atoms with Crippen molar-refractivity contribution in [2.45, 2.75) is 30.7 Å². The monoisotopic (exact) mass is 400 g/mol. The molecule has 0 saturated carbocycles. The summed E-state index contributed by atoms with van der Waals surface area (Å²) in [5.74, 6) is 0.974. The van der Waals surface area contributed by atoms with E-state index in [1.807, 2.05) is 4.90 Å². The lowest BCUT2D eigenvalue weighted by molar-refractivity contribution is -0.301. The summed E-state index contributed by atoms with van der Waals surface area (Å²) in [6.07, 6.45) is -6.52. The maximum atomic E-state index is 11.8. The summed E-state index contributed by atoms with van der Waals surface area (Å²) < 4.78 is 10.7. The molecule has 1 aliphatic heterocycles. The van der Waals surface area contributed by atoms with E-state index in [-0.39, 0.29) is 19.1 Å². The van der Waals surface area contributed by atoms with Crippen LogP contribution in [-0.2, 0) is 14.3 Å². The van der Waals surface area contributed by atoms with Gasteiger partial charge in [-0.3, -0.25) is 9.69 Å². The number of nitrogens with one attached hydrogen (secondary N) is 1. The summed E-state index contributed by atoms with van der Waals surface area (Å²) in [6.45, 7) is 1.21. The van der Waals surface area contributed by atoms with Crippen LogP contribution < -0.4 is 5.32 Å². The van der Waals surface area contributed by atoms with Crippen molar-refractivity contribution in [2.24, 2.45) is 0 Å². The number of amides is 1. The van der Waals surface area contributed by atoms with Crippen molar-refractivity contribution in [3.05, 3.63) is 0 Å². The van der Waals surface area contributed by atoms with Crippen molar-refractivity contribution >= 4 is 31.2 Å². The van der Waals surface area contributed by atoms with Gasteiger partial charge in [-0.1, -0.05) is 0 Å². The number of aliphatic hydroxyl groups excluding tert-OH is 4. The fourth-order valence-corrected chi connectivity index (χ4v) is 2.76. The van der Waals surface area contributed by atoms with E-state index in [2.05, 4.69) is 30.6 Å². The first-order valence-corrected chi connectivity index (χ1v) is 9.34. The highest BCUT2D eigenvalue weighted by molar-refractivity contribution is 7.80. The molecule has 1 rings (SSSR count). The third-order valence-corrected chi connectivity index (χ3v) is 4.18. The molecule has 1 saturated heterocycles. The fourth-order valence-electron chi connectivity index (χ4n) is 2.37. The number of aliphatic hydroxyl groups is 4. The van der Waals surface area contributed by atoms with Gasteiger partial charge >= 0.3 is 0 Å².